The Kier molecular flexibility index (Phi) is 4.14. The maximum atomic E-state index is 11.8. The molecule has 0 aromatic carbocycles. The molecule has 3 rings (SSSR count). The van der Waals surface area contributed by atoms with Gasteiger partial charge in [0.25, 0.3) is 0 Å². The molecule has 6 nitrogen and oxygen atoms in total. The average molecular weight is 310 g/mol. The molecule has 0 saturated carbocycles. The Bertz CT molecular complexity index is 530. The van der Waals surface area contributed by atoms with Crippen LogP contribution in [0.25, 0.3) is 0 Å². The summed E-state index contributed by atoms with van der Waals surface area (Å²) in [5.41, 5.74) is 0.773. The first kappa shape index (κ1) is 14.4. The van der Waals surface area contributed by atoms with Gasteiger partial charge in [-0.1, -0.05) is 11.6 Å². The zero-order valence-electron chi connectivity index (χ0n) is 12.2. The predicted octanol–water partition coefficient (Wildman–Crippen LogP) is 1.76. The van der Waals surface area contributed by atoms with Crippen molar-refractivity contribution in [3.63, 3.8) is 0 Å². The van der Waals surface area contributed by atoms with Gasteiger partial charge in [0, 0.05) is 39.1 Å². The lowest BCUT2D eigenvalue weighted by Crippen LogP contribution is -2.45. The van der Waals surface area contributed by atoms with Crippen LogP contribution in [0.4, 0.5) is 11.5 Å². The first-order valence-corrected chi connectivity index (χ1v) is 7.81. The molecule has 2 saturated heterocycles. The van der Waals surface area contributed by atoms with Gasteiger partial charge in [0.15, 0.2) is 11.0 Å². The van der Waals surface area contributed by atoms with Crippen molar-refractivity contribution in [2.24, 2.45) is 0 Å². The number of carbonyl (C=O) groups is 1. The number of likely N-dealkylation sites (tertiary alicyclic amines) is 1. The average Bonchev–Trinajstić information content (AvgIpc) is 2.93. The number of nitrogens with zero attached hydrogens (tertiary/aromatic N) is 4. The maximum Gasteiger partial charge on any atom is 0.222 e. The van der Waals surface area contributed by atoms with Crippen LogP contribution in [-0.4, -0.2) is 53.5 Å². The fourth-order valence-electron chi connectivity index (χ4n) is 3.25. The topological polar surface area (TPSA) is 61.4 Å². The van der Waals surface area contributed by atoms with Crippen molar-refractivity contribution in [2.75, 3.05) is 36.9 Å². The van der Waals surface area contributed by atoms with Crippen molar-refractivity contribution in [3.8, 4) is 0 Å². The fraction of sp³-hybridized carbons (Fsp3) is 0.643. The van der Waals surface area contributed by atoms with Gasteiger partial charge in [-0.15, -0.1) is 0 Å². The minimum Gasteiger partial charge on any atom is -0.383 e. The molecule has 114 valence electrons. The van der Waals surface area contributed by atoms with Crippen LogP contribution in [0.3, 0.4) is 0 Å². The summed E-state index contributed by atoms with van der Waals surface area (Å²) in [4.78, 5) is 24.5. The molecule has 0 bridgehead atoms. The lowest BCUT2D eigenvalue weighted by Gasteiger charge is -2.37. The van der Waals surface area contributed by atoms with Gasteiger partial charge in [-0.25, -0.2) is 9.97 Å². The number of halogens is 1. The summed E-state index contributed by atoms with van der Waals surface area (Å²) < 4.78 is 0. The molecule has 0 atom stereocenters. The van der Waals surface area contributed by atoms with E-state index in [9.17, 15) is 4.79 Å². The summed E-state index contributed by atoms with van der Waals surface area (Å²) in [6, 6.07) is 0.381. The first-order valence-electron chi connectivity index (χ1n) is 7.43. The standard InChI is InChI=1S/C14H20ClN5O/c1-16-12-13(15)17-9-18-14(12)19-7-4-10(5-8-19)20-6-2-3-11(20)21/h9-10,16H,2-8H2,1H3. The van der Waals surface area contributed by atoms with E-state index < -0.39 is 0 Å². The summed E-state index contributed by atoms with van der Waals surface area (Å²) in [6.07, 6.45) is 5.18. The molecule has 7 heteroatoms. The van der Waals surface area contributed by atoms with Crippen LogP contribution < -0.4 is 10.2 Å². The smallest absolute Gasteiger partial charge is 0.222 e. The summed E-state index contributed by atoms with van der Waals surface area (Å²) in [7, 11) is 1.82. The number of hydrogen-bond donors (Lipinski definition) is 1. The molecule has 1 aromatic rings. The van der Waals surface area contributed by atoms with Gasteiger partial charge in [-0.05, 0) is 19.3 Å². The van der Waals surface area contributed by atoms with E-state index in [-0.39, 0.29) is 0 Å². The Balaban J connectivity index is 1.68. The third-order valence-electron chi connectivity index (χ3n) is 4.35. The van der Waals surface area contributed by atoms with Gasteiger partial charge in [0.2, 0.25) is 5.91 Å². The molecule has 0 aliphatic carbocycles. The summed E-state index contributed by atoms with van der Waals surface area (Å²) in [5, 5.41) is 3.52. The number of hydrogen-bond acceptors (Lipinski definition) is 5. The van der Waals surface area contributed by atoms with Crippen LogP contribution in [0.2, 0.25) is 5.15 Å². The highest BCUT2D eigenvalue weighted by Crippen LogP contribution is 2.31. The Morgan fingerprint density at radius 1 is 1.29 bits per heavy atom. The largest absolute Gasteiger partial charge is 0.383 e. The number of aromatic nitrogens is 2. The van der Waals surface area contributed by atoms with Crippen LogP contribution in [0, 0.1) is 0 Å². The normalized spacial score (nSPS) is 20.2. The minimum atomic E-state index is 0.314. The SMILES string of the molecule is CNc1c(Cl)ncnc1N1CCC(N2CCCC2=O)CC1. The molecule has 1 N–H and O–H groups in total. The van der Waals surface area contributed by atoms with Crippen LogP contribution in [0.1, 0.15) is 25.7 Å². The lowest BCUT2D eigenvalue weighted by atomic mass is 10.0. The molecule has 21 heavy (non-hydrogen) atoms. The number of nitrogens with one attached hydrogen (secondary N) is 1. The van der Waals surface area contributed by atoms with Crippen molar-refractivity contribution >= 4 is 29.0 Å². The van der Waals surface area contributed by atoms with Gasteiger partial charge >= 0.3 is 0 Å². The number of anilines is 2. The van der Waals surface area contributed by atoms with Crippen molar-refractivity contribution < 1.29 is 4.79 Å². The second kappa shape index (κ2) is 6.05. The molecular weight excluding hydrogens is 290 g/mol. The van der Waals surface area contributed by atoms with E-state index >= 15 is 0 Å². The first-order chi connectivity index (χ1) is 10.2. The second-order valence-electron chi connectivity index (χ2n) is 5.52. The van der Waals surface area contributed by atoms with Gasteiger partial charge in [0.1, 0.15) is 12.0 Å². The van der Waals surface area contributed by atoms with E-state index in [1.807, 2.05) is 7.05 Å². The van der Waals surface area contributed by atoms with E-state index in [2.05, 4.69) is 25.1 Å². The van der Waals surface area contributed by atoms with Crippen molar-refractivity contribution in [2.45, 2.75) is 31.7 Å². The van der Waals surface area contributed by atoms with E-state index in [1.165, 1.54) is 6.33 Å². The van der Waals surface area contributed by atoms with Crippen LogP contribution in [0.5, 0.6) is 0 Å². The number of carbonyl (C=O) groups excluding carboxylic acids is 1. The lowest BCUT2D eigenvalue weighted by molar-refractivity contribution is -0.130. The minimum absolute atomic E-state index is 0.314. The molecule has 1 amide bonds. The summed E-state index contributed by atoms with van der Waals surface area (Å²) in [6.45, 7) is 2.69. The van der Waals surface area contributed by atoms with Crippen molar-refractivity contribution in [1.29, 1.82) is 0 Å². The van der Waals surface area contributed by atoms with Crippen LogP contribution in [-0.2, 0) is 4.79 Å². The summed E-state index contributed by atoms with van der Waals surface area (Å²) in [5.74, 6) is 1.16. The van der Waals surface area contributed by atoms with Gasteiger partial charge in [0.05, 0.1) is 0 Å². The zero-order chi connectivity index (χ0) is 14.8. The molecule has 0 spiro atoms. The molecule has 1 aromatic heterocycles. The van der Waals surface area contributed by atoms with Crippen molar-refractivity contribution in [1.82, 2.24) is 14.9 Å². The molecule has 0 unspecified atom stereocenters. The number of rotatable bonds is 3. The molecule has 3 heterocycles. The highest BCUT2D eigenvalue weighted by Gasteiger charge is 2.31. The summed E-state index contributed by atoms with van der Waals surface area (Å²) >= 11 is 6.11. The van der Waals surface area contributed by atoms with E-state index in [0.717, 1.165) is 50.4 Å². The Morgan fingerprint density at radius 3 is 2.67 bits per heavy atom. The molecule has 2 aliphatic rings. The van der Waals surface area contributed by atoms with Gasteiger partial charge in [-0.2, -0.15) is 0 Å². The van der Waals surface area contributed by atoms with E-state index in [1.54, 1.807) is 0 Å². The zero-order valence-corrected chi connectivity index (χ0v) is 12.9. The Labute approximate surface area is 129 Å². The van der Waals surface area contributed by atoms with Crippen molar-refractivity contribution in [3.05, 3.63) is 11.5 Å². The highest BCUT2D eigenvalue weighted by molar-refractivity contribution is 6.32. The van der Waals surface area contributed by atoms with Gasteiger partial charge in [-0.3, -0.25) is 4.79 Å². The quantitative estimate of drug-likeness (QED) is 0.862. The van der Waals surface area contributed by atoms with Gasteiger partial charge < -0.3 is 15.1 Å². The van der Waals surface area contributed by atoms with E-state index in [4.69, 9.17) is 11.6 Å². The van der Waals surface area contributed by atoms with Crippen LogP contribution in [0.15, 0.2) is 6.33 Å². The molecule has 0 radical (unpaired) electrons. The predicted molar refractivity (Wildman–Crippen MR) is 82.8 cm³/mol. The Morgan fingerprint density at radius 2 is 2.05 bits per heavy atom. The molecule has 2 aliphatic heterocycles. The second-order valence-corrected chi connectivity index (χ2v) is 5.88. The van der Waals surface area contributed by atoms with Crippen LogP contribution >= 0.6 is 11.6 Å². The molecule has 2 fully saturated rings. The maximum absolute atomic E-state index is 11.8. The fourth-order valence-corrected chi connectivity index (χ4v) is 3.48. The molecular formula is C14H20ClN5O. The third kappa shape index (κ3) is 2.77. The third-order valence-corrected chi connectivity index (χ3v) is 4.63. The number of amides is 1. The monoisotopic (exact) mass is 309 g/mol. The Hall–Kier alpha value is -1.56. The number of piperidine rings is 1. The highest BCUT2D eigenvalue weighted by atomic mass is 35.5. The van der Waals surface area contributed by atoms with E-state index in [0.29, 0.717) is 23.5 Å².